The number of rotatable bonds is 4. The zero-order chi connectivity index (χ0) is 27.2. The van der Waals surface area contributed by atoms with Crippen molar-refractivity contribution in [1.29, 1.82) is 0 Å². The Morgan fingerprint density at radius 2 is 1.11 bits per heavy atom. The molecule has 188 valence electrons. The number of aliphatic hydroxyl groups is 2. The minimum absolute atomic E-state index is 0.0599. The molecule has 0 saturated carbocycles. The van der Waals surface area contributed by atoms with Crippen molar-refractivity contribution in [3.8, 4) is 35.2 Å². The van der Waals surface area contributed by atoms with Crippen molar-refractivity contribution in [1.82, 2.24) is 0 Å². The van der Waals surface area contributed by atoms with E-state index in [-0.39, 0.29) is 28.3 Å². The molecule has 3 rings (SSSR count). The van der Waals surface area contributed by atoms with Crippen LogP contribution >= 0.6 is 0 Å². The summed E-state index contributed by atoms with van der Waals surface area (Å²) in [5, 5.41) is 19.6. The minimum Gasteiger partial charge on any atom is -0.423 e. The number of anilines is 1. The van der Waals surface area contributed by atoms with Crippen molar-refractivity contribution < 1.29 is 29.3 Å². The zero-order valence-electron chi connectivity index (χ0n) is 21.0. The molecule has 0 aromatic heterocycles. The summed E-state index contributed by atoms with van der Waals surface area (Å²) >= 11 is 0. The average Bonchev–Trinajstić information content (AvgIpc) is 2.81. The second kappa shape index (κ2) is 11.0. The number of carbonyl (C=O) groups is 2. The summed E-state index contributed by atoms with van der Waals surface area (Å²) in [6.07, 6.45) is 0. The van der Waals surface area contributed by atoms with E-state index in [0.717, 1.165) is 0 Å². The van der Waals surface area contributed by atoms with E-state index in [9.17, 15) is 19.8 Å². The number of hydrogen-bond acceptors (Lipinski definition) is 7. The summed E-state index contributed by atoms with van der Waals surface area (Å²) in [5.41, 5.74) is 5.01. The predicted octanol–water partition coefficient (Wildman–Crippen LogP) is 3.95. The Bertz CT molecular complexity index is 1350. The van der Waals surface area contributed by atoms with Gasteiger partial charge < -0.3 is 25.4 Å². The first-order valence-corrected chi connectivity index (χ1v) is 11.3. The maximum absolute atomic E-state index is 12.8. The zero-order valence-corrected chi connectivity index (χ0v) is 21.0. The second-order valence-corrected chi connectivity index (χ2v) is 9.30. The van der Waals surface area contributed by atoms with Crippen molar-refractivity contribution in [3.05, 3.63) is 89.0 Å². The highest BCUT2D eigenvalue weighted by atomic mass is 16.5. The summed E-state index contributed by atoms with van der Waals surface area (Å²) in [7, 11) is 0. The van der Waals surface area contributed by atoms with Crippen LogP contribution in [0.25, 0.3) is 0 Å². The first kappa shape index (κ1) is 27.0. The topological polar surface area (TPSA) is 119 Å². The van der Waals surface area contributed by atoms with E-state index in [1.165, 1.54) is 18.2 Å². The average molecular weight is 498 g/mol. The quantitative estimate of drug-likeness (QED) is 0.216. The van der Waals surface area contributed by atoms with Crippen LogP contribution in [0.2, 0.25) is 0 Å². The van der Waals surface area contributed by atoms with Gasteiger partial charge in [0.25, 0.3) is 0 Å². The second-order valence-electron chi connectivity index (χ2n) is 9.30. The number of carbonyl (C=O) groups excluding carboxylic acids is 2. The number of nitrogens with two attached hydrogens (primary N) is 1. The highest BCUT2D eigenvalue weighted by Gasteiger charge is 2.16. The third-order valence-corrected chi connectivity index (χ3v) is 4.54. The number of ether oxygens (including phenoxy) is 2. The molecule has 0 heterocycles. The van der Waals surface area contributed by atoms with E-state index >= 15 is 0 Å². The molecule has 0 amide bonds. The molecule has 7 heteroatoms. The standard InChI is InChI=1S/C30H27NO6/c1-29(2,34)13-11-20-7-5-9-25(15-20)36-27(32)22-17-23(19-24(31)18-22)28(33)37-26-10-6-8-21(16-26)12-14-30(3,4)35/h5-10,15-19,34-35H,31H2,1-4H3. The lowest BCUT2D eigenvalue weighted by atomic mass is 10.1. The molecule has 0 aliphatic carbocycles. The van der Waals surface area contributed by atoms with Crippen LogP contribution in [-0.2, 0) is 0 Å². The van der Waals surface area contributed by atoms with E-state index in [1.807, 2.05) is 0 Å². The summed E-state index contributed by atoms with van der Waals surface area (Å²) in [4.78, 5) is 25.6. The Balaban J connectivity index is 1.77. The number of hydrogen-bond donors (Lipinski definition) is 3. The first-order valence-electron chi connectivity index (χ1n) is 11.3. The molecule has 37 heavy (non-hydrogen) atoms. The van der Waals surface area contributed by atoms with Crippen LogP contribution < -0.4 is 15.2 Å². The molecule has 0 bridgehead atoms. The maximum Gasteiger partial charge on any atom is 0.343 e. The molecule has 0 spiro atoms. The van der Waals surface area contributed by atoms with Crippen LogP contribution in [-0.4, -0.2) is 33.4 Å². The molecule has 7 nitrogen and oxygen atoms in total. The SMILES string of the molecule is CC(C)(O)C#Cc1cccc(OC(=O)c2cc(N)cc(C(=O)Oc3cccc(C#CC(C)(C)O)c3)c2)c1. The molecule has 4 N–H and O–H groups in total. The third-order valence-electron chi connectivity index (χ3n) is 4.54. The molecule has 0 unspecified atom stereocenters. The monoisotopic (exact) mass is 497 g/mol. The van der Waals surface area contributed by atoms with Crippen molar-refractivity contribution in [2.75, 3.05) is 5.73 Å². The molecular formula is C30H27NO6. The molecule has 3 aromatic rings. The van der Waals surface area contributed by atoms with Gasteiger partial charge in [0.15, 0.2) is 0 Å². The number of nitrogen functional groups attached to an aromatic ring is 1. The van der Waals surface area contributed by atoms with Crippen LogP contribution in [0.4, 0.5) is 5.69 Å². The number of esters is 2. The molecule has 3 aromatic carbocycles. The highest BCUT2D eigenvalue weighted by Crippen LogP contribution is 2.20. The van der Waals surface area contributed by atoms with Crippen molar-refractivity contribution in [2.24, 2.45) is 0 Å². The van der Waals surface area contributed by atoms with Gasteiger partial charge in [-0.2, -0.15) is 0 Å². The lowest BCUT2D eigenvalue weighted by Crippen LogP contribution is -2.14. The Labute approximate surface area is 215 Å². The third kappa shape index (κ3) is 8.87. The Kier molecular flexibility index (Phi) is 8.04. The van der Waals surface area contributed by atoms with E-state index in [0.29, 0.717) is 11.1 Å². The van der Waals surface area contributed by atoms with Gasteiger partial charge in [0, 0.05) is 16.8 Å². The van der Waals surface area contributed by atoms with E-state index in [4.69, 9.17) is 15.2 Å². The van der Waals surface area contributed by atoms with Crippen LogP contribution in [0.5, 0.6) is 11.5 Å². The molecule has 0 saturated heterocycles. The van der Waals surface area contributed by atoms with Gasteiger partial charge in [0.05, 0.1) is 11.1 Å². The number of benzene rings is 3. The molecular weight excluding hydrogens is 470 g/mol. The van der Waals surface area contributed by atoms with Crippen molar-refractivity contribution in [3.63, 3.8) is 0 Å². The highest BCUT2D eigenvalue weighted by molar-refractivity contribution is 5.98. The maximum atomic E-state index is 12.8. The summed E-state index contributed by atoms with van der Waals surface area (Å²) in [6, 6.07) is 17.2. The Morgan fingerprint density at radius 1 is 0.703 bits per heavy atom. The lowest BCUT2D eigenvalue weighted by Gasteiger charge is -2.09. The Morgan fingerprint density at radius 3 is 1.49 bits per heavy atom. The van der Waals surface area contributed by atoms with Gasteiger partial charge in [-0.1, -0.05) is 35.8 Å². The fourth-order valence-electron chi connectivity index (χ4n) is 2.94. The van der Waals surface area contributed by atoms with E-state index in [2.05, 4.69) is 23.7 Å². The normalized spacial score (nSPS) is 10.9. The van der Waals surface area contributed by atoms with Crippen molar-refractivity contribution in [2.45, 2.75) is 38.9 Å². The fourth-order valence-corrected chi connectivity index (χ4v) is 2.94. The van der Waals surface area contributed by atoms with E-state index in [1.54, 1.807) is 76.2 Å². The van der Waals surface area contributed by atoms with Crippen LogP contribution in [0, 0.1) is 23.7 Å². The lowest BCUT2D eigenvalue weighted by molar-refractivity contribution is 0.0734. The van der Waals surface area contributed by atoms with Crippen LogP contribution in [0.3, 0.4) is 0 Å². The molecule has 0 fully saturated rings. The van der Waals surface area contributed by atoms with Gasteiger partial charge in [-0.3, -0.25) is 0 Å². The van der Waals surface area contributed by atoms with Gasteiger partial charge >= 0.3 is 11.9 Å². The summed E-state index contributed by atoms with van der Waals surface area (Å²) in [5.74, 6) is 10.1. The van der Waals surface area contributed by atoms with Gasteiger partial charge in [-0.05, 0) is 82.3 Å². The first-order chi connectivity index (χ1) is 17.3. The fraction of sp³-hybridized carbons (Fsp3) is 0.200. The molecule has 0 aliphatic rings. The van der Waals surface area contributed by atoms with Crippen LogP contribution in [0.1, 0.15) is 59.5 Å². The molecule has 0 radical (unpaired) electrons. The Hall–Kier alpha value is -4.56. The van der Waals surface area contributed by atoms with E-state index < -0.39 is 23.1 Å². The largest absolute Gasteiger partial charge is 0.423 e. The van der Waals surface area contributed by atoms with Crippen molar-refractivity contribution >= 4 is 17.6 Å². The predicted molar refractivity (Wildman–Crippen MR) is 140 cm³/mol. The minimum atomic E-state index is -1.16. The van der Waals surface area contributed by atoms with Gasteiger partial charge in [-0.15, -0.1) is 0 Å². The molecule has 0 atom stereocenters. The van der Waals surface area contributed by atoms with Gasteiger partial charge in [-0.25, -0.2) is 9.59 Å². The van der Waals surface area contributed by atoms with Crippen LogP contribution in [0.15, 0.2) is 66.7 Å². The summed E-state index contributed by atoms with van der Waals surface area (Å²) in [6.45, 7) is 6.26. The van der Waals surface area contributed by atoms with Gasteiger partial charge in [0.2, 0.25) is 0 Å². The molecule has 0 aliphatic heterocycles. The smallest absolute Gasteiger partial charge is 0.343 e. The summed E-state index contributed by atoms with van der Waals surface area (Å²) < 4.78 is 10.9. The van der Waals surface area contributed by atoms with Gasteiger partial charge in [0.1, 0.15) is 22.7 Å².